The molecule has 0 radical (unpaired) electrons. The van der Waals surface area contributed by atoms with E-state index < -0.39 is 0 Å². The molecule has 2 aromatic rings. The van der Waals surface area contributed by atoms with Gasteiger partial charge in [-0.25, -0.2) is 4.98 Å². The SMILES string of the molecule is CCCCOc1ccc(CC(=O)N2CCC(Nc3ncccc3C#N)CC2)cc1. The number of hydrogen-bond donors (Lipinski definition) is 1. The predicted octanol–water partition coefficient (Wildman–Crippen LogP) is 3.78. The molecule has 1 aliphatic heterocycles. The van der Waals surface area contributed by atoms with Gasteiger partial charge in [-0.15, -0.1) is 0 Å². The van der Waals surface area contributed by atoms with Gasteiger partial charge in [-0.1, -0.05) is 25.5 Å². The number of anilines is 1. The normalized spacial score (nSPS) is 14.3. The summed E-state index contributed by atoms with van der Waals surface area (Å²) in [5, 5.41) is 12.5. The first-order valence-corrected chi connectivity index (χ1v) is 10.3. The average molecular weight is 393 g/mol. The molecule has 1 aliphatic rings. The van der Waals surface area contributed by atoms with Crippen molar-refractivity contribution in [2.75, 3.05) is 25.0 Å². The highest BCUT2D eigenvalue weighted by atomic mass is 16.5. The molecule has 1 saturated heterocycles. The number of aromatic nitrogens is 1. The molecule has 0 saturated carbocycles. The lowest BCUT2D eigenvalue weighted by Gasteiger charge is -2.33. The summed E-state index contributed by atoms with van der Waals surface area (Å²) in [5.74, 6) is 1.63. The van der Waals surface area contributed by atoms with E-state index in [9.17, 15) is 10.1 Å². The van der Waals surface area contributed by atoms with E-state index in [0.717, 1.165) is 43.6 Å². The molecule has 6 heteroatoms. The van der Waals surface area contributed by atoms with Crippen molar-refractivity contribution in [3.63, 3.8) is 0 Å². The Morgan fingerprint density at radius 2 is 2.03 bits per heavy atom. The maximum absolute atomic E-state index is 12.6. The van der Waals surface area contributed by atoms with Gasteiger partial charge in [0.15, 0.2) is 0 Å². The van der Waals surface area contributed by atoms with Crippen LogP contribution < -0.4 is 10.1 Å². The van der Waals surface area contributed by atoms with Crippen LogP contribution in [0.3, 0.4) is 0 Å². The van der Waals surface area contributed by atoms with E-state index in [0.29, 0.717) is 30.9 Å². The van der Waals surface area contributed by atoms with Gasteiger partial charge in [-0.3, -0.25) is 4.79 Å². The molecule has 1 aromatic carbocycles. The van der Waals surface area contributed by atoms with Crippen molar-refractivity contribution in [3.8, 4) is 11.8 Å². The van der Waals surface area contributed by atoms with E-state index in [1.807, 2.05) is 29.2 Å². The smallest absolute Gasteiger partial charge is 0.226 e. The second kappa shape index (κ2) is 10.5. The third-order valence-corrected chi connectivity index (χ3v) is 5.16. The number of amides is 1. The zero-order chi connectivity index (χ0) is 20.5. The van der Waals surface area contributed by atoms with E-state index >= 15 is 0 Å². The van der Waals surface area contributed by atoms with Crippen LogP contribution in [-0.4, -0.2) is 41.5 Å². The fourth-order valence-corrected chi connectivity index (χ4v) is 3.40. The van der Waals surface area contributed by atoms with Crippen LogP contribution in [0.15, 0.2) is 42.6 Å². The maximum atomic E-state index is 12.6. The number of nitrogens with one attached hydrogen (secondary N) is 1. The average Bonchev–Trinajstić information content (AvgIpc) is 2.76. The predicted molar refractivity (Wildman–Crippen MR) is 113 cm³/mol. The van der Waals surface area contributed by atoms with Crippen LogP contribution in [-0.2, 0) is 11.2 Å². The van der Waals surface area contributed by atoms with Crippen molar-refractivity contribution < 1.29 is 9.53 Å². The van der Waals surface area contributed by atoms with Gasteiger partial charge in [0, 0.05) is 25.3 Å². The Hall–Kier alpha value is -3.07. The van der Waals surface area contributed by atoms with Gasteiger partial charge in [0.1, 0.15) is 17.6 Å². The van der Waals surface area contributed by atoms with Crippen LogP contribution in [0.4, 0.5) is 5.82 Å². The second-order valence-electron chi connectivity index (χ2n) is 7.33. The number of ether oxygens (including phenoxy) is 1. The molecule has 6 nitrogen and oxygen atoms in total. The standard InChI is InChI=1S/C23H28N4O2/c1-2-3-15-29-21-8-6-18(7-9-21)16-22(28)27-13-10-20(11-14-27)26-23-19(17-24)5-4-12-25-23/h4-9,12,20H,2-3,10-11,13-16H2,1H3,(H,25,26). The number of carbonyl (C=O) groups is 1. The summed E-state index contributed by atoms with van der Waals surface area (Å²) in [5.41, 5.74) is 1.55. The minimum atomic E-state index is 0.152. The number of benzene rings is 1. The summed E-state index contributed by atoms with van der Waals surface area (Å²) in [6.07, 6.45) is 5.94. The van der Waals surface area contributed by atoms with E-state index in [4.69, 9.17) is 4.74 Å². The van der Waals surface area contributed by atoms with E-state index in [1.54, 1.807) is 18.3 Å². The van der Waals surface area contributed by atoms with Crippen LogP contribution in [0.5, 0.6) is 5.75 Å². The number of nitriles is 1. The number of likely N-dealkylation sites (tertiary alicyclic amines) is 1. The molecule has 1 amide bonds. The van der Waals surface area contributed by atoms with Crippen LogP contribution >= 0.6 is 0 Å². The monoisotopic (exact) mass is 392 g/mol. The lowest BCUT2D eigenvalue weighted by Crippen LogP contribution is -2.43. The molecule has 0 aliphatic carbocycles. The molecule has 29 heavy (non-hydrogen) atoms. The zero-order valence-electron chi connectivity index (χ0n) is 16.9. The van der Waals surface area contributed by atoms with Crippen molar-refractivity contribution in [2.45, 2.75) is 45.1 Å². The van der Waals surface area contributed by atoms with Crippen LogP contribution in [0.1, 0.15) is 43.7 Å². The van der Waals surface area contributed by atoms with E-state index in [-0.39, 0.29) is 11.9 Å². The molecular weight excluding hydrogens is 364 g/mol. The first-order valence-electron chi connectivity index (χ1n) is 10.3. The maximum Gasteiger partial charge on any atom is 0.226 e. The van der Waals surface area contributed by atoms with Gasteiger partial charge in [0.2, 0.25) is 5.91 Å². The molecule has 0 unspecified atom stereocenters. The molecule has 3 rings (SSSR count). The number of hydrogen-bond acceptors (Lipinski definition) is 5. The van der Waals surface area contributed by atoms with Crippen LogP contribution in [0.2, 0.25) is 0 Å². The lowest BCUT2D eigenvalue weighted by molar-refractivity contribution is -0.131. The topological polar surface area (TPSA) is 78.2 Å². The first kappa shape index (κ1) is 20.7. The van der Waals surface area contributed by atoms with E-state index in [1.165, 1.54) is 0 Å². The number of carbonyl (C=O) groups excluding carboxylic acids is 1. The summed E-state index contributed by atoms with van der Waals surface area (Å²) >= 11 is 0. The third kappa shape index (κ3) is 5.95. The molecule has 0 bridgehead atoms. The summed E-state index contributed by atoms with van der Waals surface area (Å²) in [4.78, 5) is 18.8. The van der Waals surface area contributed by atoms with E-state index in [2.05, 4.69) is 23.3 Å². The summed E-state index contributed by atoms with van der Waals surface area (Å²) in [6, 6.07) is 13.7. The van der Waals surface area contributed by atoms with Gasteiger partial charge in [0.25, 0.3) is 0 Å². The molecule has 2 heterocycles. The summed E-state index contributed by atoms with van der Waals surface area (Å²) in [7, 11) is 0. The molecule has 0 spiro atoms. The Morgan fingerprint density at radius 3 is 2.72 bits per heavy atom. The summed E-state index contributed by atoms with van der Waals surface area (Å²) in [6.45, 7) is 4.29. The molecular formula is C23H28N4O2. The summed E-state index contributed by atoms with van der Waals surface area (Å²) < 4.78 is 5.67. The fraction of sp³-hybridized carbons (Fsp3) is 0.435. The molecule has 1 N–H and O–H groups in total. The van der Waals surface area contributed by atoms with Crippen molar-refractivity contribution in [1.29, 1.82) is 5.26 Å². The highest BCUT2D eigenvalue weighted by Gasteiger charge is 2.23. The van der Waals surface area contributed by atoms with Gasteiger partial charge < -0.3 is 15.0 Å². The number of pyridine rings is 1. The first-order chi connectivity index (χ1) is 14.2. The third-order valence-electron chi connectivity index (χ3n) is 5.16. The second-order valence-corrected chi connectivity index (χ2v) is 7.33. The van der Waals surface area contributed by atoms with Crippen molar-refractivity contribution in [2.24, 2.45) is 0 Å². The van der Waals surface area contributed by atoms with Gasteiger partial charge in [-0.2, -0.15) is 5.26 Å². The Labute approximate surface area is 172 Å². The van der Waals surface area contributed by atoms with Crippen molar-refractivity contribution in [3.05, 3.63) is 53.7 Å². The van der Waals surface area contributed by atoms with Crippen LogP contribution in [0, 0.1) is 11.3 Å². The van der Waals surface area contributed by atoms with Gasteiger partial charge in [-0.05, 0) is 49.1 Å². The highest BCUT2D eigenvalue weighted by molar-refractivity contribution is 5.79. The Balaban J connectivity index is 1.46. The quantitative estimate of drug-likeness (QED) is 0.692. The highest BCUT2D eigenvalue weighted by Crippen LogP contribution is 2.19. The molecule has 1 aromatic heterocycles. The number of unbranched alkanes of at least 4 members (excludes halogenated alkanes) is 1. The van der Waals surface area contributed by atoms with Gasteiger partial charge >= 0.3 is 0 Å². The van der Waals surface area contributed by atoms with Crippen molar-refractivity contribution >= 4 is 11.7 Å². The fourth-order valence-electron chi connectivity index (χ4n) is 3.40. The largest absolute Gasteiger partial charge is 0.494 e. The van der Waals surface area contributed by atoms with Crippen molar-refractivity contribution in [1.82, 2.24) is 9.88 Å². The van der Waals surface area contributed by atoms with Crippen LogP contribution in [0.25, 0.3) is 0 Å². The number of rotatable bonds is 8. The van der Waals surface area contributed by atoms with Gasteiger partial charge in [0.05, 0.1) is 18.6 Å². The molecule has 152 valence electrons. The molecule has 1 fully saturated rings. The minimum Gasteiger partial charge on any atom is -0.494 e. The lowest BCUT2D eigenvalue weighted by atomic mass is 10.0. The Morgan fingerprint density at radius 1 is 1.28 bits per heavy atom. The minimum absolute atomic E-state index is 0.152. The zero-order valence-corrected chi connectivity index (χ0v) is 16.9. The number of nitrogens with zero attached hydrogens (tertiary/aromatic N) is 3. The Kier molecular flexibility index (Phi) is 7.46. The molecule has 0 atom stereocenters. The Bertz CT molecular complexity index is 837. The number of piperidine rings is 1.